The Bertz CT molecular complexity index is 928. The molecule has 1 amide bonds. The van der Waals surface area contributed by atoms with Crippen LogP contribution in [0, 0.1) is 5.92 Å². The molecule has 29 heavy (non-hydrogen) atoms. The standard InChI is InChI=1S/C21H23Cl2NO4S/c1-4-27-21(26)18-14-7-5-11(2)9-17(14)29-20(18)24-19(25)12(3)28-16-8-6-13(22)10-15(16)23/h6,8,10-12H,4-5,7,9H2,1-3H3,(H,24,25)/t11-,12+/m1/s1. The Hall–Kier alpha value is -1.76. The summed E-state index contributed by atoms with van der Waals surface area (Å²) in [6.45, 7) is 5.86. The van der Waals surface area contributed by atoms with E-state index in [9.17, 15) is 9.59 Å². The molecule has 0 unspecified atom stereocenters. The molecule has 1 aliphatic rings. The quantitative estimate of drug-likeness (QED) is 0.561. The fourth-order valence-electron chi connectivity index (χ4n) is 3.29. The minimum atomic E-state index is -0.818. The minimum Gasteiger partial charge on any atom is -0.479 e. The van der Waals surface area contributed by atoms with Crippen LogP contribution in [0.4, 0.5) is 5.00 Å². The van der Waals surface area contributed by atoms with Gasteiger partial charge in [-0.25, -0.2) is 4.79 Å². The average Bonchev–Trinajstić information content (AvgIpc) is 3.00. The van der Waals surface area contributed by atoms with Gasteiger partial charge in [0.25, 0.3) is 5.91 Å². The maximum atomic E-state index is 12.8. The third-order valence-corrected chi connectivity index (χ3v) is 6.50. The van der Waals surface area contributed by atoms with Crippen molar-refractivity contribution in [1.82, 2.24) is 0 Å². The predicted octanol–water partition coefficient (Wildman–Crippen LogP) is 5.76. The molecular weight excluding hydrogens is 433 g/mol. The highest BCUT2D eigenvalue weighted by Crippen LogP contribution is 2.40. The lowest BCUT2D eigenvalue weighted by Gasteiger charge is -2.18. The lowest BCUT2D eigenvalue weighted by atomic mass is 9.88. The molecule has 1 heterocycles. The molecule has 156 valence electrons. The highest BCUT2D eigenvalue weighted by Gasteiger charge is 2.30. The molecular formula is C21H23Cl2NO4S. The van der Waals surface area contributed by atoms with Gasteiger partial charge >= 0.3 is 5.97 Å². The van der Waals surface area contributed by atoms with Gasteiger partial charge in [-0.3, -0.25) is 4.79 Å². The molecule has 8 heteroatoms. The SMILES string of the molecule is CCOC(=O)c1c(NC(=O)[C@H](C)Oc2ccc(Cl)cc2Cl)sc2c1CC[C@@H](C)C2. The summed E-state index contributed by atoms with van der Waals surface area (Å²) in [5, 5.41) is 4.18. The van der Waals surface area contributed by atoms with Crippen LogP contribution in [0.3, 0.4) is 0 Å². The van der Waals surface area contributed by atoms with E-state index in [2.05, 4.69) is 12.2 Å². The summed E-state index contributed by atoms with van der Waals surface area (Å²) in [5.74, 6) is 0.148. The fourth-order valence-corrected chi connectivity index (χ4v) is 5.14. The van der Waals surface area contributed by atoms with E-state index in [1.165, 1.54) is 11.3 Å². The minimum absolute atomic E-state index is 0.280. The highest BCUT2D eigenvalue weighted by atomic mass is 35.5. The van der Waals surface area contributed by atoms with Crippen LogP contribution < -0.4 is 10.1 Å². The van der Waals surface area contributed by atoms with Crippen molar-refractivity contribution in [2.45, 2.75) is 46.1 Å². The van der Waals surface area contributed by atoms with Gasteiger partial charge in [-0.1, -0.05) is 30.1 Å². The van der Waals surface area contributed by atoms with Crippen molar-refractivity contribution in [3.63, 3.8) is 0 Å². The predicted molar refractivity (Wildman–Crippen MR) is 117 cm³/mol. The molecule has 0 spiro atoms. The molecule has 0 radical (unpaired) electrons. The Kier molecular flexibility index (Phi) is 7.09. The first-order chi connectivity index (χ1) is 13.8. The molecule has 5 nitrogen and oxygen atoms in total. The number of halogens is 2. The molecule has 0 aliphatic heterocycles. The van der Waals surface area contributed by atoms with Crippen molar-refractivity contribution in [1.29, 1.82) is 0 Å². The Labute approximate surface area is 184 Å². The maximum Gasteiger partial charge on any atom is 0.341 e. The number of benzene rings is 1. The van der Waals surface area contributed by atoms with E-state index in [1.807, 2.05) is 0 Å². The van der Waals surface area contributed by atoms with Gasteiger partial charge in [0.05, 0.1) is 17.2 Å². The number of rotatable bonds is 6. The van der Waals surface area contributed by atoms with Crippen LogP contribution in [-0.2, 0) is 22.4 Å². The summed E-state index contributed by atoms with van der Waals surface area (Å²) in [7, 11) is 0. The van der Waals surface area contributed by atoms with Crippen molar-refractivity contribution < 1.29 is 19.1 Å². The van der Waals surface area contributed by atoms with Crippen LogP contribution in [0.15, 0.2) is 18.2 Å². The van der Waals surface area contributed by atoms with E-state index >= 15 is 0 Å². The fraction of sp³-hybridized carbons (Fsp3) is 0.429. The molecule has 1 aromatic heterocycles. The Morgan fingerprint density at radius 3 is 2.79 bits per heavy atom. The zero-order chi connectivity index (χ0) is 21.1. The average molecular weight is 456 g/mol. The van der Waals surface area contributed by atoms with E-state index in [4.69, 9.17) is 32.7 Å². The summed E-state index contributed by atoms with van der Waals surface area (Å²) in [5.41, 5.74) is 1.47. The molecule has 0 saturated heterocycles. The zero-order valence-electron chi connectivity index (χ0n) is 16.5. The second kappa shape index (κ2) is 9.37. The van der Waals surface area contributed by atoms with Crippen molar-refractivity contribution >= 4 is 51.4 Å². The van der Waals surface area contributed by atoms with Gasteiger partial charge in [0, 0.05) is 9.90 Å². The van der Waals surface area contributed by atoms with E-state index < -0.39 is 12.1 Å². The number of esters is 1. The van der Waals surface area contributed by atoms with Gasteiger partial charge in [0.15, 0.2) is 6.10 Å². The Morgan fingerprint density at radius 2 is 2.10 bits per heavy atom. The van der Waals surface area contributed by atoms with E-state index in [-0.39, 0.29) is 12.5 Å². The Balaban J connectivity index is 1.81. The zero-order valence-corrected chi connectivity index (χ0v) is 18.8. The first-order valence-electron chi connectivity index (χ1n) is 9.54. The van der Waals surface area contributed by atoms with Gasteiger partial charge in [-0.15, -0.1) is 11.3 Å². The number of hydrogen-bond donors (Lipinski definition) is 1. The molecule has 0 saturated carbocycles. The molecule has 1 aliphatic carbocycles. The summed E-state index contributed by atoms with van der Waals surface area (Å²) >= 11 is 13.5. The molecule has 0 fully saturated rings. The smallest absolute Gasteiger partial charge is 0.341 e. The lowest BCUT2D eigenvalue weighted by Crippen LogP contribution is -2.30. The number of fused-ring (bicyclic) bond motifs is 1. The normalized spacial score (nSPS) is 16.7. The third-order valence-electron chi connectivity index (χ3n) is 4.79. The second-order valence-electron chi connectivity index (χ2n) is 7.10. The van der Waals surface area contributed by atoms with Crippen LogP contribution >= 0.6 is 34.5 Å². The summed E-state index contributed by atoms with van der Waals surface area (Å²) in [6, 6.07) is 4.81. The van der Waals surface area contributed by atoms with Crippen molar-refractivity contribution in [2.75, 3.05) is 11.9 Å². The van der Waals surface area contributed by atoms with Gasteiger partial charge in [-0.2, -0.15) is 0 Å². The molecule has 2 aromatic rings. The number of carbonyl (C=O) groups excluding carboxylic acids is 2. The first kappa shape index (κ1) is 21.9. The van der Waals surface area contributed by atoms with E-state index in [0.29, 0.717) is 32.3 Å². The number of anilines is 1. The number of carbonyl (C=O) groups is 2. The molecule has 1 aromatic carbocycles. The number of ether oxygens (including phenoxy) is 2. The first-order valence-corrected chi connectivity index (χ1v) is 11.1. The number of thiophene rings is 1. The van der Waals surface area contributed by atoms with Crippen molar-refractivity contribution in [3.05, 3.63) is 44.2 Å². The monoisotopic (exact) mass is 455 g/mol. The van der Waals surface area contributed by atoms with Crippen molar-refractivity contribution in [3.8, 4) is 5.75 Å². The number of hydrogen-bond acceptors (Lipinski definition) is 5. The second-order valence-corrected chi connectivity index (χ2v) is 9.05. The van der Waals surface area contributed by atoms with Crippen LogP contribution in [0.2, 0.25) is 10.0 Å². The summed E-state index contributed by atoms with van der Waals surface area (Å²) in [4.78, 5) is 26.5. The van der Waals surface area contributed by atoms with E-state index in [1.54, 1.807) is 32.0 Å². The molecule has 3 rings (SSSR count). The highest BCUT2D eigenvalue weighted by molar-refractivity contribution is 7.17. The Morgan fingerprint density at radius 1 is 1.34 bits per heavy atom. The van der Waals surface area contributed by atoms with Crippen LogP contribution in [0.25, 0.3) is 0 Å². The third kappa shape index (κ3) is 5.05. The molecule has 2 atom stereocenters. The van der Waals surface area contributed by atoms with Gasteiger partial charge in [0.2, 0.25) is 0 Å². The summed E-state index contributed by atoms with van der Waals surface area (Å²) in [6.07, 6.45) is 1.90. The number of nitrogens with one attached hydrogen (secondary N) is 1. The largest absolute Gasteiger partial charge is 0.479 e. The van der Waals surface area contributed by atoms with Crippen molar-refractivity contribution in [2.24, 2.45) is 5.92 Å². The van der Waals surface area contributed by atoms with E-state index in [0.717, 1.165) is 29.7 Å². The van der Waals surface area contributed by atoms with Crippen LogP contribution in [0.5, 0.6) is 5.75 Å². The maximum absolute atomic E-state index is 12.8. The molecule has 0 bridgehead atoms. The topological polar surface area (TPSA) is 64.6 Å². The van der Waals surface area contributed by atoms with Crippen LogP contribution in [-0.4, -0.2) is 24.6 Å². The van der Waals surface area contributed by atoms with Gasteiger partial charge < -0.3 is 14.8 Å². The van der Waals surface area contributed by atoms with Gasteiger partial charge in [-0.05, 0) is 62.8 Å². The lowest BCUT2D eigenvalue weighted by molar-refractivity contribution is -0.122. The van der Waals surface area contributed by atoms with Gasteiger partial charge in [0.1, 0.15) is 10.8 Å². The number of amides is 1. The van der Waals surface area contributed by atoms with Crippen LogP contribution in [0.1, 0.15) is 48.0 Å². The summed E-state index contributed by atoms with van der Waals surface area (Å²) < 4.78 is 10.9. The molecule has 1 N–H and O–H groups in total.